The number of aliphatic hydroxyl groups is 2. The fraction of sp³-hybridized carbons (Fsp3) is 0.739. The van der Waals surface area contributed by atoms with Crippen molar-refractivity contribution < 1.29 is 58.2 Å². The molecule has 6 atom stereocenters. The monoisotopic (exact) mass is 1140 g/mol. The number of unbranched alkanes of at least 4 members (excludes halogenated alkanes) is 27. The highest BCUT2D eigenvalue weighted by molar-refractivity contribution is 5.74. The van der Waals surface area contributed by atoms with Crippen molar-refractivity contribution in [3.8, 4) is 0 Å². The number of carbonyl (C=O) groups is 4. The van der Waals surface area contributed by atoms with E-state index in [4.69, 9.17) is 23.7 Å². The summed E-state index contributed by atoms with van der Waals surface area (Å²) in [4.78, 5) is 51.3. The van der Waals surface area contributed by atoms with Gasteiger partial charge >= 0.3 is 23.9 Å². The van der Waals surface area contributed by atoms with Gasteiger partial charge in [0.15, 0.2) is 24.6 Å². The van der Waals surface area contributed by atoms with Gasteiger partial charge in [0, 0.05) is 19.3 Å². The van der Waals surface area contributed by atoms with Crippen LogP contribution < -0.4 is 0 Å². The van der Waals surface area contributed by atoms with Crippen molar-refractivity contribution in [2.45, 2.75) is 314 Å². The van der Waals surface area contributed by atoms with Crippen LogP contribution in [0.5, 0.6) is 0 Å². The first-order chi connectivity index (χ1) is 39.6. The molecular formula is C69H116O12. The van der Waals surface area contributed by atoms with Gasteiger partial charge in [0.05, 0.1) is 6.61 Å². The first-order valence-electron chi connectivity index (χ1n) is 32.6. The molecule has 0 aromatic carbocycles. The summed E-state index contributed by atoms with van der Waals surface area (Å²) >= 11 is 0. The molecule has 12 heteroatoms. The minimum Gasteiger partial charge on any atom is -0.479 e. The van der Waals surface area contributed by atoms with E-state index >= 15 is 0 Å². The van der Waals surface area contributed by atoms with Crippen LogP contribution >= 0.6 is 0 Å². The molecule has 6 unspecified atom stereocenters. The van der Waals surface area contributed by atoms with Crippen LogP contribution in [0.2, 0.25) is 0 Å². The lowest BCUT2D eigenvalue weighted by atomic mass is 9.98. The highest BCUT2D eigenvalue weighted by Gasteiger charge is 2.50. The smallest absolute Gasteiger partial charge is 0.335 e. The van der Waals surface area contributed by atoms with Crippen LogP contribution in [0.1, 0.15) is 278 Å². The van der Waals surface area contributed by atoms with Gasteiger partial charge in [0.25, 0.3) is 0 Å². The summed E-state index contributed by atoms with van der Waals surface area (Å²) in [5.41, 5.74) is 0. The van der Waals surface area contributed by atoms with Gasteiger partial charge in [-0.3, -0.25) is 14.4 Å². The van der Waals surface area contributed by atoms with Crippen LogP contribution in [0.15, 0.2) is 85.1 Å². The number of carboxylic acids is 1. The molecule has 0 saturated carbocycles. The molecule has 1 heterocycles. The second-order valence-electron chi connectivity index (χ2n) is 22.0. The first kappa shape index (κ1) is 74.9. The predicted octanol–water partition coefficient (Wildman–Crippen LogP) is 17.5. The van der Waals surface area contributed by atoms with Crippen molar-refractivity contribution in [1.82, 2.24) is 0 Å². The van der Waals surface area contributed by atoms with E-state index in [1.165, 1.54) is 57.8 Å². The lowest BCUT2D eigenvalue weighted by Gasteiger charge is -2.40. The molecule has 1 rings (SSSR count). The second kappa shape index (κ2) is 56.4. The minimum atomic E-state index is -1.91. The zero-order chi connectivity index (χ0) is 58.9. The third kappa shape index (κ3) is 46.0. The summed E-state index contributed by atoms with van der Waals surface area (Å²) in [7, 11) is 0. The highest BCUT2D eigenvalue weighted by atomic mass is 16.7. The Morgan fingerprint density at radius 2 is 0.778 bits per heavy atom. The van der Waals surface area contributed by atoms with Crippen molar-refractivity contribution in [1.29, 1.82) is 0 Å². The van der Waals surface area contributed by atoms with Crippen LogP contribution in [0.25, 0.3) is 0 Å². The Bertz CT molecular complexity index is 1730. The Balaban J connectivity index is 2.68. The quantitative estimate of drug-likeness (QED) is 0.0228. The summed E-state index contributed by atoms with van der Waals surface area (Å²) in [5.74, 6) is -3.15. The fourth-order valence-corrected chi connectivity index (χ4v) is 9.44. The largest absolute Gasteiger partial charge is 0.479 e. The normalized spacial score (nSPS) is 18.3. The Hall–Kier alpha value is -4.10. The van der Waals surface area contributed by atoms with Gasteiger partial charge in [-0.2, -0.15) is 0 Å². The highest BCUT2D eigenvalue weighted by Crippen LogP contribution is 2.27. The predicted molar refractivity (Wildman–Crippen MR) is 331 cm³/mol. The topological polar surface area (TPSA) is 175 Å². The zero-order valence-electron chi connectivity index (χ0n) is 51.3. The van der Waals surface area contributed by atoms with E-state index in [0.717, 1.165) is 161 Å². The Morgan fingerprint density at radius 3 is 1.22 bits per heavy atom. The van der Waals surface area contributed by atoms with E-state index in [1.54, 1.807) is 0 Å². The molecule has 0 bridgehead atoms. The molecule has 464 valence electrons. The third-order valence-electron chi connectivity index (χ3n) is 14.4. The van der Waals surface area contributed by atoms with E-state index in [2.05, 4.69) is 106 Å². The number of aliphatic carboxylic acids is 1. The van der Waals surface area contributed by atoms with E-state index in [9.17, 15) is 34.5 Å². The number of carbonyl (C=O) groups excluding carboxylic acids is 3. The number of rotatable bonds is 55. The summed E-state index contributed by atoms with van der Waals surface area (Å²) in [6, 6.07) is 0. The van der Waals surface area contributed by atoms with Gasteiger partial charge in [-0.25, -0.2) is 4.79 Å². The van der Waals surface area contributed by atoms with Gasteiger partial charge in [0.2, 0.25) is 0 Å². The summed E-state index contributed by atoms with van der Waals surface area (Å²) < 4.78 is 28.5. The van der Waals surface area contributed by atoms with Gasteiger partial charge in [-0.15, -0.1) is 0 Å². The molecule has 3 N–H and O–H groups in total. The van der Waals surface area contributed by atoms with Crippen molar-refractivity contribution in [3.05, 3.63) is 85.1 Å². The number of hydrogen-bond acceptors (Lipinski definition) is 11. The van der Waals surface area contributed by atoms with E-state index in [-0.39, 0.29) is 25.9 Å². The lowest BCUT2D eigenvalue weighted by Crippen LogP contribution is -2.61. The molecule has 0 aliphatic carbocycles. The molecule has 0 amide bonds. The van der Waals surface area contributed by atoms with Crippen molar-refractivity contribution >= 4 is 23.9 Å². The van der Waals surface area contributed by atoms with Crippen LogP contribution in [0.4, 0.5) is 0 Å². The Morgan fingerprint density at radius 1 is 0.420 bits per heavy atom. The SMILES string of the molecule is CC/C=C\C/C=C\C/C=C\C/C=C\CCCCCCCCC(=O)OCC(COC1OC(C(=O)O)C(O)C(O)C1OC(=O)CCCCCCCCC/C=C\C/C=C\CCCCC)OC(=O)CCCCCCC/C=C\CCCCCCCC. The average molecular weight is 1140 g/mol. The van der Waals surface area contributed by atoms with Crippen molar-refractivity contribution in [2.24, 2.45) is 0 Å². The number of ether oxygens (including phenoxy) is 5. The molecule has 0 spiro atoms. The molecule has 81 heavy (non-hydrogen) atoms. The number of esters is 3. The number of hydrogen-bond donors (Lipinski definition) is 3. The van der Waals surface area contributed by atoms with Gasteiger partial charge in [-0.05, 0) is 116 Å². The summed E-state index contributed by atoms with van der Waals surface area (Å²) in [6.07, 6.45) is 61.0. The zero-order valence-corrected chi connectivity index (χ0v) is 51.3. The maximum absolute atomic E-state index is 13.2. The lowest BCUT2D eigenvalue weighted by molar-refractivity contribution is -0.301. The molecular weight excluding hydrogens is 1020 g/mol. The molecule has 0 radical (unpaired) electrons. The van der Waals surface area contributed by atoms with Crippen LogP contribution in [0, 0.1) is 0 Å². The third-order valence-corrected chi connectivity index (χ3v) is 14.4. The van der Waals surface area contributed by atoms with Gasteiger partial charge < -0.3 is 39.0 Å². The standard InChI is InChI=1S/C69H116O12/c1-4-7-10-13-16-19-22-25-28-30-31-33-35-37-40-43-46-49-52-55-61(70)77-58-60(79-62(71)56-53-50-47-44-41-38-34-27-24-21-18-15-12-9-6-3)59-78-69-67(65(74)64(73)66(81-69)68(75)76)80-63(72)57-54-51-48-45-42-39-36-32-29-26-23-20-17-14-11-8-5-2/h7,10,16-17,19-20,25-29,31,33-34,60,64-67,69,73-74H,4-6,8-9,11-15,18,21-24,30,32,35-59H2,1-3H3,(H,75,76)/b10-7-,19-16-,20-17-,28-25-,29-26-,33-31-,34-27-. The van der Waals surface area contributed by atoms with Crippen LogP contribution in [0.3, 0.4) is 0 Å². The Kier molecular flexibility index (Phi) is 52.1. The van der Waals surface area contributed by atoms with E-state index < -0.39 is 67.3 Å². The minimum absolute atomic E-state index is 0.0471. The van der Waals surface area contributed by atoms with Crippen molar-refractivity contribution in [3.63, 3.8) is 0 Å². The molecule has 0 aromatic rings. The molecule has 12 nitrogen and oxygen atoms in total. The molecule has 1 fully saturated rings. The molecule has 1 saturated heterocycles. The summed E-state index contributed by atoms with van der Waals surface area (Å²) in [5, 5.41) is 31.6. The number of carboxylic acid groups (broad SMARTS) is 1. The van der Waals surface area contributed by atoms with Crippen LogP contribution in [-0.2, 0) is 42.9 Å². The molecule has 1 aliphatic heterocycles. The summed E-state index contributed by atoms with van der Waals surface area (Å²) in [6.45, 7) is 5.85. The number of aliphatic hydroxyl groups excluding tert-OH is 2. The average Bonchev–Trinajstić information content (AvgIpc) is 3.53. The second-order valence-corrected chi connectivity index (χ2v) is 22.0. The first-order valence-corrected chi connectivity index (χ1v) is 32.6. The fourth-order valence-electron chi connectivity index (χ4n) is 9.44. The van der Waals surface area contributed by atoms with Crippen molar-refractivity contribution in [2.75, 3.05) is 13.2 Å². The van der Waals surface area contributed by atoms with Crippen LogP contribution in [-0.4, -0.2) is 89.2 Å². The molecule has 0 aromatic heterocycles. The van der Waals surface area contributed by atoms with Gasteiger partial charge in [0.1, 0.15) is 18.8 Å². The van der Waals surface area contributed by atoms with Gasteiger partial charge in [-0.1, -0.05) is 228 Å². The Labute approximate surface area is 492 Å². The maximum atomic E-state index is 13.2. The van der Waals surface area contributed by atoms with E-state index in [0.29, 0.717) is 19.3 Å². The molecule has 1 aliphatic rings. The number of allylic oxidation sites excluding steroid dienone is 14. The maximum Gasteiger partial charge on any atom is 0.335 e. The van der Waals surface area contributed by atoms with E-state index in [1.807, 2.05) is 0 Å².